The van der Waals surface area contributed by atoms with Crippen molar-refractivity contribution in [2.75, 3.05) is 13.1 Å². The third-order valence-corrected chi connectivity index (χ3v) is 8.28. The predicted octanol–water partition coefficient (Wildman–Crippen LogP) is 3.68. The Labute approximate surface area is 178 Å². The molecule has 158 valence electrons. The number of para-hydroxylation sites is 1. The minimum atomic E-state index is -3.57. The lowest BCUT2D eigenvalue weighted by Crippen LogP contribution is -2.31. The Hall–Kier alpha value is -2.36. The van der Waals surface area contributed by atoms with Crippen molar-refractivity contribution in [1.82, 2.24) is 8.87 Å². The van der Waals surface area contributed by atoms with E-state index in [2.05, 4.69) is 4.99 Å². The molecule has 9 heteroatoms. The molecule has 1 aliphatic rings. The summed E-state index contributed by atoms with van der Waals surface area (Å²) < 4.78 is 43.6. The van der Waals surface area contributed by atoms with Crippen molar-refractivity contribution >= 4 is 37.5 Å². The molecule has 0 saturated carbocycles. The summed E-state index contributed by atoms with van der Waals surface area (Å²) in [5.74, 6) is -0.875. The molecule has 0 radical (unpaired) electrons. The molecule has 0 spiro atoms. The van der Waals surface area contributed by atoms with E-state index in [0.29, 0.717) is 28.1 Å². The van der Waals surface area contributed by atoms with Crippen LogP contribution in [0.25, 0.3) is 10.2 Å². The van der Waals surface area contributed by atoms with Crippen molar-refractivity contribution in [1.29, 1.82) is 0 Å². The first-order chi connectivity index (χ1) is 14.4. The van der Waals surface area contributed by atoms with Crippen molar-refractivity contribution in [3.8, 4) is 0 Å². The van der Waals surface area contributed by atoms with Gasteiger partial charge < -0.3 is 4.57 Å². The van der Waals surface area contributed by atoms with Crippen LogP contribution in [-0.2, 0) is 17.1 Å². The first-order valence-corrected chi connectivity index (χ1v) is 12.1. The van der Waals surface area contributed by atoms with Crippen LogP contribution in [0.4, 0.5) is 4.39 Å². The lowest BCUT2D eigenvalue weighted by Gasteiger charge is -2.19. The highest BCUT2D eigenvalue weighted by molar-refractivity contribution is 7.89. The van der Waals surface area contributed by atoms with Gasteiger partial charge in [0.25, 0.3) is 5.91 Å². The molecule has 0 N–H and O–H groups in total. The van der Waals surface area contributed by atoms with Gasteiger partial charge in [-0.25, -0.2) is 12.8 Å². The topological polar surface area (TPSA) is 71.7 Å². The van der Waals surface area contributed by atoms with E-state index in [0.717, 1.165) is 25.7 Å². The highest BCUT2D eigenvalue weighted by Crippen LogP contribution is 2.22. The van der Waals surface area contributed by atoms with Crippen LogP contribution in [0, 0.1) is 5.82 Å². The molecular formula is C21H22FN3O3S2. The molecule has 1 saturated heterocycles. The Balaban J connectivity index is 1.61. The van der Waals surface area contributed by atoms with E-state index in [1.54, 1.807) is 23.7 Å². The Kier molecular flexibility index (Phi) is 5.86. The summed E-state index contributed by atoms with van der Waals surface area (Å²) >= 11 is 1.22. The second-order valence-corrected chi connectivity index (χ2v) is 10.2. The van der Waals surface area contributed by atoms with Crippen molar-refractivity contribution in [2.24, 2.45) is 12.0 Å². The molecule has 3 aromatic rings. The number of carbonyl (C=O) groups is 1. The normalized spacial score (nSPS) is 16.7. The fourth-order valence-electron chi connectivity index (χ4n) is 3.62. The van der Waals surface area contributed by atoms with E-state index in [-0.39, 0.29) is 16.3 Å². The number of hydrogen-bond donors (Lipinski definition) is 0. The Morgan fingerprint density at radius 1 is 1.03 bits per heavy atom. The summed E-state index contributed by atoms with van der Waals surface area (Å²) in [5, 5.41) is 0. The SMILES string of the molecule is Cn1c(=NC(=O)c2ccc(S(=O)(=O)N3CCCCCC3)cc2)sc2cccc(F)c21. The highest BCUT2D eigenvalue weighted by atomic mass is 32.2. The number of aromatic nitrogens is 1. The molecule has 30 heavy (non-hydrogen) atoms. The number of hydrogen-bond acceptors (Lipinski definition) is 4. The molecule has 1 aromatic heterocycles. The van der Waals surface area contributed by atoms with Crippen LogP contribution in [0.1, 0.15) is 36.0 Å². The molecule has 4 rings (SSSR count). The molecule has 2 aromatic carbocycles. The number of benzene rings is 2. The zero-order chi connectivity index (χ0) is 21.3. The van der Waals surface area contributed by atoms with Crippen LogP contribution >= 0.6 is 11.3 Å². The second kappa shape index (κ2) is 8.41. The van der Waals surface area contributed by atoms with Gasteiger partial charge in [-0.15, -0.1) is 0 Å². The van der Waals surface area contributed by atoms with Gasteiger partial charge in [-0.05, 0) is 49.2 Å². The van der Waals surface area contributed by atoms with Crippen molar-refractivity contribution in [3.05, 3.63) is 58.6 Å². The van der Waals surface area contributed by atoms with E-state index in [1.807, 2.05) is 0 Å². The van der Waals surface area contributed by atoms with Gasteiger partial charge in [0.15, 0.2) is 4.80 Å². The lowest BCUT2D eigenvalue weighted by molar-refractivity contribution is 0.0998. The van der Waals surface area contributed by atoms with Crippen LogP contribution < -0.4 is 4.80 Å². The van der Waals surface area contributed by atoms with E-state index in [9.17, 15) is 17.6 Å². The van der Waals surface area contributed by atoms with Gasteiger partial charge in [0.05, 0.1) is 15.1 Å². The molecule has 0 atom stereocenters. The van der Waals surface area contributed by atoms with Gasteiger partial charge in [0, 0.05) is 25.7 Å². The van der Waals surface area contributed by atoms with E-state index < -0.39 is 15.9 Å². The fourth-order valence-corrected chi connectivity index (χ4v) is 6.16. The molecule has 1 amide bonds. The molecule has 0 aliphatic carbocycles. The van der Waals surface area contributed by atoms with Crippen molar-refractivity contribution in [2.45, 2.75) is 30.6 Å². The van der Waals surface area contributed by atoms with E-state index in [1.165, 1.54) is 46.0 Å². The summed E-state index contributed by atoms with van der Waals surface area (Å²) in [6.07, 6.45) is 3.81. The van der Waals surface area contributed by atoms with Crippen LogP contribution in [0.5, 0.6) is 0 Å². The van der Waals surface area contributed by atoms with Crippen LogP contribution in [-0.4, -0.2) is 36.3 Å². The van der Waals surface area contributed by atoms with Crippen molar-refractivity contribution in [3.63, 3.8) is 0 Å². The number of nitrogens with zero attached hydrogens (tertiary/aromatic N) is 3. The predicted molar refractivity (Wildman–Crippen MR) is 114 cm³/mol. The zero-order valence-electron chi connectivity index (χ0n) is 16.5. The third-order valence-electron chi connectivity index (χ3n) is 5.27. The lowest BCUT2D eigenvalue weighted by atomic mass is 10.2. The Morgan fingerprint density at radius 3 is 2.33 bits per heavy atom. The molecule has 2 heterocycles. The fraction of sp³-hybridized carbons (Fsp3) is 0.333. The minimum Gasteiger partial charge on any atom is -0.317 e. The maximum Gasteiger partial charge on any atom is 0.279 e. The van der Waals surface area contributed by atoms with Gasteiger partial charge in [0.1, 0.15) is 5.82 Å². The van der Waals surface area contributed by atoms with E-state index >= 15 is 0 Å². The van der Waals surface area contributed by atoms with Crippen LogP contribution in [0.2, 0.25) is 0 Å². The Bertz CT molecular complexity index is 1250. The zero-order valence-corrected chi connectivity index (χ0v) is 18.2. The first kappa shape index (κ1) is 20.9. The number of carbonyl (C=O) groups excluding carboxylic acids is 1. The molecule has 0 bridgehead atoms. The maximum atomic E-state index is 14.1. The Morgan fingerprint density at radius 2 is 1.70 bits per heavy atom. The van der Waals surface area contributed by atoms with Gasteiger partial charge >= 0.3 is 0 Å². The standard InChI is InChI=1S/C21H22FN3O3S2/c1-24-19-17(22)7-6-8-18(19)29-21(24)23-20(26)15-9-11-16(12-10-15)30(27,28)25-13-4-2-3-5-14-25/h6-12H,2-5,13-14H2,1H3. The minimum absolute atomic E-state index is 0.176. The average molecular weight is 448 g/mol. The largest absolute Gasteiger partial charge is 0.317 e. The molecular weight excluding hydrogens is 425 g/mol. The number of amides is 1. The summed E-state index contributed by atoms with van der Waals surface area (Å²) in [4.78, 5) is 17.3. The summed E-state index contributed by atoms with van der Waals surface area (Å²) in [7, 11) is -1.91. The molecule has 1 fully saturated rings. The van der Waals surface area contributed by atoms with Gasteiger partial charge in [-0.1, -0.05) is 30.2 Å². The number of thiazole rings is 1. The smallest absolute Gasteiger partial charge is 0.279 e. The van der Waals surface area contributed by atoms with Crippen LogP contribution in [0.15, 0.2) is 52.4 Å². The number of rotatable bonds is 3. The van der Waals surface area contributed by atoms with Crippen molar-refractivity contribution < 1.29 is 17.6 Å². The number of sulfonamides is 1. The molecule has 1 aliphatic heterocycles. The molecule has 0 unspecified atom stereocenters. The summed E-state index contributed by atoms with van der Waals surface area (Å²) in [6, 6.07) is 10.6. The quantitative estimate of drug-likeness (QED) is 0.615. The van der Waals surface area contributed by atoms with Gasteiger partial charge in [0.2, 0.25) is 10.0 Å². The number of halogens is 1. The first-order valence-electron chi connectivity index (χ1n) is 9.81. The summed E-state index contributed by atoms with van der Waals surface area (Å²) in [5.41, 5.74) is 0.677. The summed E-state index contributed by atoms with van der Waals surface area (Å²) in [6.45, 7) is 1.05. The maximum absolute atomic E-state index is 14.1. The third kappa shape index (κ3) is 3.97. The molecule has 6 nitrogen and oxygen atoms in total. The monoisotopic (exact) mass is 447 g/mol. The van der Waals surface area contributed by atoms with E-state index in [4.69, 9.17) is 0 Å². The van der Waals surface area contributed by atoms with Gasteiger partial charge in [-0.2, -0.15) is 9.30 Å². The number of fused-ring (bicyclic) bond motifs is 1. The average Bonchev–Trinajstić information content (AvgIpc) is 2.90. The number of aryl methyl sites for hydroxylation is 1. The van der Waals surface area contributed by atoms with Gasteiger partial charge in [-0.3, -0.25) is 4.79 Å². The second-order valence-electron chi connectivity index (χ2n) is 7.29. The highest BCUT2D eigenvalue weighted by Gasteiger charge is 2.25. The van der Waals surface area contributed by atoms with Crippen LogP contribution in [0.3, 0.4) is 0 Å².